The Hall–Kier alpha value is -1.14. The van der Waals surface area contributed by atoms with Gasteiger partial charge < -0.3 is 20.2 Å². The molecule has 1 heterocycles. The second-order valence-corrected chi connectivity index (χ2v) is 6.33. The van der Waals surface area contributed by atoms with Crippen molar-refractivity contribution in [2.45, 2.75) is 45.8 Å². The average molecular weight is 285 g/mol. The maximum atomic E-state index is 12.0. The maximum absolute atomic E-state index is 12.0. The Bertz CT molecular complexity index is 352. The predicted molar refractivity (Wildman–Crippen MR) is 77.2 cm³/mol. The molecule has 0 bridgehead atoms. The van der Waals surface area contributed by atoms with Gasteiger partial charge in [0.25, 0.3) is 0 Å². The SMILES string of the molecule is CCCN1CCN(CC(O)CNC(C)(C)C)C(=O)C1=O. The third kappa shape index (κ3) is 5.09. The lowest BCUT2D eigenvalue weighted by Gasteiger charge is -2.35. The van der Waals surface area contributed by atoms with E-state index in [0.717, 1.165) is 6.42 Å². The van der Waals surface area contributed by atoms with Crippen LogP contribution in [-0.4, -0.2) is 71.1 Å². The van der Waals surface area contributed by atoms with Crippen LogP contribution in [0, 0.1) is 0 Å². The first-order valence-electron chi connectivity index (χ1n) is 7.26. The molecule has 116 valence electrons. The number of carbonyl (C=O) groups is 2. The first-order chi connectivity index (χ1) is 9.24. The van der Waals surface area contributed by atoms with E-state index in [9.17, 15) is 14.7 Å². The van der Waals surface area contributed by atoms with Crippen molar-refractivity contribution >= 4 is 11.8 Å². The van der Waals surface area contributed by atoms with Gasteiger partial charge in [-0.05, 0) is 27.2 Å². The number of aliphatic hydroxyl groups excluding tert-OH is 1. The summed E-state index contributed by atoms with van der Waals surface area (Å²) >= 11 is 0. The summed E-state index contributed by atoms with van der Waals surface area (Å²) in [6, 6.07) is 0. The van der Waals surface area contributed by atoms with Gasteiger partial charge in [0.2, 0.25) is 0 Å². The number of hydrogen-bond donors (Lipinski definition) is 2. The number of rotatable bonds is 6. The lowest BCUT2D eigenvalue weighted by molar-refractivity contribution is -0.156. The fourth-order valence-electron chi connectivity index (χ4n) is 2.12. The summed E-state index contributed by atoms with van der Waals surface area (Å²) < 4.78 is 0. The van der Waals surface area contributed by atoms with Crippen molar-refractivity contribution in [2.75, 3.05) is 32.7 Å². The lowest BCUT2D eigenvalue weighted by atomic mass is 10.1. The smallest absolute Gasteiger partial charge is 0.312 e. The van der Waals surface area contributed by atoms with E-state index in [1.165, 1.54) is 4.90 Å². The Morgan fingerprint density at radius 2 is 1.75 bits per heavy atom. The highest BCUT2D eigenvalue weighted by atomic mass is 16.3. The van der Waals surface area contributed by atoms with Crippen molar-refractivity contribution in [2.24, 2.45) is 0 Å². The summed E-state index contributed by atoms with van der Waals surface area (Å²) in [5.41, 5.74) is -0.0827. The van der Waals surface area contributed by atoms with Crippen LogP contribution in [-0.2, 0) is 9.59 Å². The molecule has 1 fully saturated rings. The summed E-state index contributed by atoms with van der Waals surface area (Å²) in [6.07, 6.45) is 0.181. The number of aliphatic hydroxyl groups is 1. The molecule has 2 N–H and O–H groups in total. The molecule has 0 radical (unpaired) electrons. The molecule has 1 atom stereocenters. The molecule has 6 nitrogen and oxygen atoms in total. The highest BCUT2D eigenvalue weighted by Gasteiger charge is 2.32. The van der Waals surface area contributed by atoms with Crippen LogP contribution in [0.2, 0.25) is 0 Å². The number of β-amino-alcohol motifs (C(OH)–C–C–N with tert-alkyl or cyclic N) is 1. The zero-order valence-electron chi connectivity index (χ0n) is 13.0. The van der Waals surface area contributed by atoms with Gasteiger partial charge in [-0.1, -0.05) is 6.92 Å². The van der Waals surface area contributed by atoms with E-state index in [2.05, 4.69) is 5.32 Å². The molecule has 0 aromatic rings. The van der Waals surface area contributed by atoms with Crippen molar-refractivity contribution in [3.05, 3.63) is 0 Å². The number of nitrogens with one attached hydrogen (secondary N) is 1. The summed E-state index contributed by atoms with van der Waals surface area (Å²) in [4.78, 5) is 26.8. The Labute approximate surface area is 121 Å². The van der Waals surface area contributed by atoms with Gasteiger partial charge >= 0.3 is 11.8 Å². The van der Waals surface area contributed by atoms with Crippen LogP contribution in [0.1, 0.15) is 34.1 Å². The number of hydrogen-bond acceptors (Lipinski definition) is 4. The first kappa shape index (κ1) is 16.9. The molecule has 1 rings (SSSR count). The largest absolute Gasteiger partial charge is 0.390 e. The third-order valence-electron chi connectivity index (χ3n) is 3.19. The highest BCUT2D eigenvalue weighted by molar-refractivity contribution is 6.35. The van der Waals surface area contributed by atoms with E-state index in [4.69, 9.17) is 0 Å². The summed E-state index contributed by atoms with van der Waals surface area (Å²) in [5, 5.41) is 13.1. The number of piperazine rings is 1. The van der Waals surface area contributed by atoms with E-state index < -0.39 is 17.9 Å². The van der Waals surface area contributed by atoms with Crippen LogP contribution in [0.3, 0.4) is 0 Å². The van der Waals surface area contributed by atoms with E-state index in [-0.39, 0.29) is 12.1 Å². The Morgan fingerprint density at radius 1 is 1.20 bits per heavy atom. The minimum absolute atomic E-state index is 0.0827. The van der Waals surface area contributed by atoms with Crippen molar-refractivity contribution in [1.29, 1.82) is 0 Å². The molecule has 1 aliphatic rings. The van der Waals surface area contributed by atoms with Crippen LogP contribution in [0.15, 0.2) is 0 Å². The van der Waals surface area contributed by atoms with Gasteiger partial charge in [-0.2, -0.15) is 0 Å². The molecular formula is C14H27N3O3. The topological polar surface area (TPSA) is 72.9 Å². The molecule has 0 aromatic heterocycles. The van der Waals surface area contributed by atoms with Gasteiger partial charge in [-0.3, -0.25) is 9.59 Å². The van der Waals surface area contributed by atoms with Crippen molar-refractivity contribution < 1.29 is 14.7 Å². The standard InChI is InChI=1S/C14H27N3O3/c1-5-6-16-7-8-17(13(20)12(16)19)10-11(18)9-15-14(2,3)4/h11,15,18H,5-10H2,1-4H3. The zero-order valence-corrected chi connectivity index (χ0v) is 13.0. The summed E-state index contributed by atoms with van der Waals surface area (Å²) in [6.45, 7) is 10.3. The van der Waals surface area contributed by atoms with Gasteiger partial charge in [0.05, 0.1) is 6.10 Å². The average Bonchev–Trinajstić information content (AvgIpc) is 2.35. The maximum Gasteiger partial charge on any atom is 0.312 e. The van der Waals surface area contributed by atoms with Crippen LogP contribution in [0.25, 0.3) is 0 Å². The third-order valence-corrected chi connectivity index (χ3v) is 3.19. The predicted octanol–water partition coefficient (Wildman–Crippen LogP) is -0.184. The van der Waals surface area contributed by atoms with Crippen molar-refractivity contribution in [1.82, 2.24) is 15.1 Å². The summed E-state index contributed by atoms with van der Waals surface area (Å²) in [7, 11) is 0. The number of carbonyl (C=O) groups excluding carboxylic acids is 2. The summed E-state index contributed by atoms with van der Waals surface area (Å²) in [5.74, 6) is -0.950. The number of amides is 2. The highest BCUT2D eigenvalue weighted by Crippen LogP contribution is 2.07. The fraction of sp³-hybridized carbons (Fsp3) is 0.857. The molecule has 0 saturated carbocycles. The van der Waals surface area contributed by atoms with Crippen LogP contribution in [0.4, 0.5) is 0 Å². The van der Waals surface area contributed by atoms with E-state index in [1.54, 1.807) is 4.90 Å². The molecule has 1 unspecified atom stereocenters. The Morgan fingerprint density at radius 3 is 2.30 bits per heavy atom. The second-order valence-electron chi connectivity index (χ2n) is 6.33. The van der Waals surface area contributed by atoms with Crippen molar-refractivity contribution in [3.63, 3.8) is 0 Å². The minimum atomic E-state index is -0.663. The molecule has 1 saturated heterocycles. The normalized spacial score (nSPS) is 18.6. The molecule has 0 spiro atoms. The molecular weight excluding hydrogens is 258 g/mol. The van der Waals surface area contributed by atoms with Crippen LogP contribution < -0.4 is 5.32 Å². The first-order valence-corrected chi connectivity index (χ1v) is 7.26. The van der Waals surface area contributed by atoms with Gasteiger partial charge in [0.1, 0.15) is 0 Å². The van der Waals surface area contributed by atoms with Crippen molar-refractivity contribution in [3.8, 4) is 0 Å². The molecule has 0 aliphatic carbocycles. The second kappa shape index (κ2) is 7.04. The van der Waals surface area contributed by atoms with Gasteiger partial charge in [-0.25, -0.2) is 0 Å². The van der Waals surface area contributed by atoms with Crippen LogP contribution in [0.5, 0.6) is 0 Å². The van der Waals surface area contributed by atoms with E-state index >= 15 is 0 Å². The lowest BCUT2D eigenvalue weighted by Crippen LogP contribution is -2.56. The van der Waals surface area contributed by atoms with E-state index in [0.29, 0.717) is 26.2 Å². The van der Waals surface area contributed by atoms with E-state index in [1.807, 2.05) is 27.7 Å². The number of nitrogens with zero attached hydrogens (tertiary/aromatic N) is 2. The zero-order chi connectivity index (χ0) is 15.3. The fourth-order valence-corrected chi connectivity index (χ4v) is 2.12. The molecule has 1 aliphatic heterocycles. The molecule has 2 amide bonds. The van der Waals surface area contributed by atoms with Crippen LogP contribution >= 0.6 is 0 Å². The Balaban J connectivity index is 2.45. The molecule has 20 heavy (non-hydrogen) atoms. The van der Waals surface area contributed by atoms with Gasteiger partial charge in [-0.15, -0.1) is 0 Å². The van der Waals surface area contributed by atoms with Gasteiger partial charge in [0.15, 0.2) is 0 Å². The minimum Gasteiger partial charge on any atom is -0.390 e. The molecule has 6 heteroatoms. The monoisotopic (exact) mass is 285 g/mol. The quantitative estimate of drug-likeness (QED) is 0.664. The van der Waals surface area contributed by atoms with Gasteiger partial charge in [0, 0.05) is 38.3 Å². The Kier molecular flexibility index (Phi) is 5.95. The molecule has 0 aromatic carbocycles.